The molecule has 1 saturated carbocycles. The maximum Gasteiger partial charge on any atom is 0.347 e. The summed E-state index contributed by atoms with van der Waals surface area (Å²) in [5.41, 5.74) is 7.14. The Labute approximate surface area is 132 Å². The van der Waals surface area contributed by atoms with Gasteiger partial charge in [0.1, 0.15) is 11.5 Å². The molecule has 6 heteroatoms. The molecule has 5 nitrogen and oxygen atoms in total. The Kier molecular flexibility index (Phi) is 5.67. The summed E-state index contributed by atoms with van der Waals surface area (Å²) in [4.78, 5) is 0. The molecule has 0 unspecified atom stereocenters. The van der Waals surface area contributed by atoms with Crippen LogP contribution in [-0.4, -0.2) is 27.1 Å². The minimum absolute atomic E-state index is 0.383. The number of ether oxygens (including phenoxy) is 1. The fourth-order valence-corrected chi connectivity index (χ4v) is 5.08. The van der Waals surface area contributed by atoms with Crippen LogP contribution in [0.5, 0.6) is 5.75 Å². The molecule has 0 heterocycles. The van der Waals surface area contributed by atoms with E-state index in [1.54, 1.807) is 7.11 Å². The maximum atomic E-state index is 12.9. The molecular formula is C16H26NO4P. The first kappa shape index (κ1) is 17.5. The Morgan fingerprint density at radius 1 is 1.05 bits per heavy atom. The van der Waals surface area contributed by atoms with Gasteiger partial charge < -0.3 is 19.5 Å². The molecule has 22 heavy (non-hydrogen) atoms. The summed E-state index contributed by atoms with van der Waals surface area (Å²) >= 11 is 0. The van der Waals surface area contributed by atoms with Crippen LogP contribution in [0.1, 0.15) is 37.7 Å². The number of hydrogen-bond donors (Lipinski definition) is 1. The second kappa shape index (κ2) is 7.14. The molecule has 0 aliphatic heterocycles. The van der Waals surface area contributed by atoms with Crippen molar-refractivity contribution in [3.63, 3.8) is 0 Å². The molecule has 0 amide bonds. The summed E-state index contributed by atoms with van der Waals surface area (Å²) in [5, 5.41) is 0. The molecule has 1 atom stereocenters. The van der Waals surface area contributed by atoms with Crippen LogP contribution in [0, 0.1) is 0 Å². The highest BCUT2D eigenvalue weighted by molar-refractivity contribution is 7.54. The van der Waals surface area contributed by atoms with E-state index >= 15 is 0 Å². The van der Waals surface area contributed by atoms with Crippen molar-refractivity contribution in [2.45, 2.75) is 43.3 Å². The van der Waals surface area contributed by atoms with Crippen molar-refractivity contribution in [2.24, 2.45) is 5.73 Å². The van der Waals surface area contributed by atoms with Crippen LogP contribution in [-0.2, 0) is 19.0 Å². The van der Waals surface area contributed by atoms with Crippen LogP contribution in [0.3, 0.4) is 0 Å². The quantitative estimate of drug-likeness (QED) is 0.807. The van der Waals surface area contributed by atoms with Crippen molar-refractivity contribution in [1.82, 2.24) is 0 Å². The largest absolute Gasteiger partial charge is 0.497 e. The Bertz CT molecular complexity index is 517. The molecule has 0 radical (unpaired) electrons. The third kappa shape index (κ3) is 3.09. The lowest BCUT2D eigenvalue weighted by atomic mass is 9.69. The van der Waals surface area contributed by atoms with Gasteiger partial charge >= 0.3 is 7.60 Å². The Balaban J connectivity index is 2.45. The monoisotopic (exact) mass is 327 g/mol. The maximum absolute atomic E-state index is 12.9. The fourth-order valence-electron chi connectivity index (χ4n) is 3.47. The lowest BCUT2D eigenvalue weighted by molar-refractivity contribution is 0.215. The van der Waals surface area contributed by atoms with Gasteiger partial charge in [-0.2, -0.15) is 0 Å². The fraction of sp³-hybridized carbons (Fsp3) is 0.625. The first-order valence-corrected chi connectivity index (χ1v) is 9.25. The number of methoxy groups -OCH3 is 1. The molecule has 2 N–H and O–H groups in total. The molecular weight excluding hydrogens is 301 g/mol. The molecule has 1 aliphatic rings. The van der Waals surface area contributed by atoms with E-state index in [2.05, 4.69) is 0 Å². The predicted octanol–water partition coefficient (Wildman–Crippen LogP) is 3.67. The lowest BCUT2D eigenvalue weighted by Gasteiger charge is -2.43. The van der Waals surface area contributed by atoms with Crippen LogP contribution >= 0.6 is 7.60 Å². The molecule has 1 aromatic rings. The molecule has 2 rings (SSSR count). The smallest absolute Gasteiger partial charge is 0.347 e. The van der Waals surface area contributed by atoms with Crippen molar-refractivity contribution in [1.29, 1.82) is 0 Å². The van der Waals surface area contributed by atoms with E-state index in [1.807, 2.05) is 24.3 Å². The van der Waals surface area contributed by atoms with Crippen molar-refractivity contribution in [3.8, 4) is 5.75 Å². The van der Waals surface area contributed by atoms with E-state index < -0.39 is 13.4 Å². The number of rotatable bonds is 6. The first-order valence-electron chi connectivity index (χ1n) is 7.64. The molecule has 124 valence electrons. The second-order valence-electron chi connectivity index (χ2n) is 5.80. The van der Waals surface area contributed by atoms with E-state index in [1.165, 1.54) is 20.6 Å². The number of benzene rings is 1. The summed E-state index contributed by atoms with van der Waals surface area (Å²) < 4.78 is 28.4. The van der Waals surface area contributed by atoms with Crippen LogP contribution < -0.4 is 10.5 Å². The molecule has 0 spiro atoms. The summed E-state index contributed by atoms with van der Waals surface area (Å²) in [6.45, 7) is 0. The lowest BCUT2D eigenvalue weighted by Crippen LogP contribution is -2.47. The van der Waals surface area contributed by atoms with Crippen LogP contribution in [0.2, 0.25) is 0 Å². The Hall–Kier alpha value is -0.870. The summed E-state index contributed by atoms with van der Waals surface area (Å²) in [6, 6.07) is 7.87. The van der Waals surface area contributed by atoms with E-state index in [0.717, 1.165) is 37.0 Å². The van der Waals surface area contributed by atoms with Gasteiger partial charge in [0.15, 0.2) is 0 Å². The predicted molar refractivity (Wildman–Crippen MR) is 87.4 cm³/mol. The van der Waals surface area contributed by atoms with Gasteiger partial charge in [-0.3, -0.25) is 4.57 Å². The first-order chi connectivity index (χ1) is 10.5. The minimum atomic E-state index is -3.34. The highest BCUT2D eigenvalue weighted by Gasteiger charge is 2.49. The molecule has 1 aliphatic carbocycles. The van der Waals surface area contributed by atoms with Crippen molar-refractivity contribution >= 4 is 7.60 Å². The molecule has 0 aromatic heterocycles. The van der Waals surface area contributed by atoms with Crippen molar-refractivity contribution < 1.29 is 18.3 Å². The highest BCUT2D eigenvalue weighted by atomic mass is 31.2. The van der Waals surface area contributed by atoms with Gasteiger partial charge in [-0.25, -0.2) is 0 Å². The van der Waals surface area contributed by atoms with Crippen LogP contribution in [0.15, 0.2) is 24.3 Å². The van der Waals surface area contributed by atoms with E-state index in [-0.39, 0.29) is 5.41 Å². The Morgan fingerprint density at radius 2 is 1.59 bits per heavy atom. The summed E-state index contributed by atoms with van der Waals surface area (Å²) in [5.74, 6) is 0.119. The molecule has 1 fully saturated rings. The van der Waals surface area contributed by atoms with Gasteiger partial charge in [0, 0.05) is 19.6 Å². The zero-order valence-electron chi connectivity index (χ0n) is 13.6. The minimum Gasteiger partial charge on any atom is -0.497 e. The standard InChI is InChI=1S/C16H26NO4P/c1-19-14-9-7-13(8-10-14)16(11-5-4-6-12-16)15(17)22(18,20-2)21-3/h7-10,15H,4-6,11-12,17H2,1-3H3/t15-/m1/s1. The topological polar surface area (TPSA) is 70.8 Å². The third-order valence-electron chi connectivity index (χ3n) is 4.83. The third-order valence-corrected chi connectivity index (χ3v) is 7.02. The molecule has 0 saturated heterocycles. The van der Waals surface area contributed by atoms with E-state index in [4.69, 9.17) is 19.5 Å². The van der Waals surface area contributed by atoms with Gasteiger partial charge in [-0.05, 0) is 30.5 Å². The van der Waals surface area contributed by atoms with Gasteiger partial charge in [-0.15, -0.1) is 0 Å². The van der Waals surface area contributed by atoms with E-state index in [0.29, 0.717) is 0 Å². The summed E-state index contributed by atoms with van der Waals surface area (Å²) in [6.07, 6.45) is 5.07. The van der Waals surface area contributed by atoms with Gasteiger partial charge in [0.25, 0.3) is 0 Å². The van der Waals surface area contributed by atoms with Gasteiger partial charge in [-0.1, -0.05) is 31.4 Å². The average molecular weight is 327 g/mol. The Morgan fingerprint density at radius 3 is 2.05 bits per heavy atom. The van der Waals surface area contributed by atoms with Crippen molar-refractivity contribution in [2.75, 3.05) is 21.3 Å². The van der Waals surface area contributed by atoms with Crippen LogP contribution in [0.4, 0.5) is 0 Å². The highest BCUT2D eigenvalue weighted by Crippen LogP contribution is 2.59. The molecule has 0 bridgehead atoms. The van der Waals surface area contributed by atoms with E-state index in [9.17, 15) is 4.57 Å². The summed E-state index contributed by atoms with van der Waals surface area (Å²) in [7, 11) is 1.09. The van der Waals surface area contributed by atoms with Gasteiger partial charge in [0.05, 0.1) is 7.11 Å². The van der Waals surface area contributed by atoms with Crippen molar-refractivity contribution in [3.05, 3.63) is 29.8 Å². The number of nitrogens with two attached hydrogens (primary N) is 1. The van der Waals surface area contributed by atoms with Crippen LogP contribution in [0.25, 0.3) is 0 Å². The zero-order valence-corrected chi connectivity index (χ0v) is 14.5. The molecule has 1 aromatic carbocycles. The number of hydrogen-bond acceptors (Lipinski definition) is 5. The SMILES string of the molecule is COc1ccc(C2([C@H](N)P(=O)(OC)OC)CCCCC2)cc1. The normalized spacial score (nSPS) is 19.6. The average Bonchev–Trinajstić information content (AvgIpc) is 2.61. The van der Waals surface area contributed by atoms with Gasteiger partial charge in [0.2, 0.25) is 0 Å². The zero-order chi connectivity index (χ0) is 16.2. The second-order valence-corrected chi connectivity index (χ2v) is 8.16.